The molecule has 2 aliphatic carbocycles. The van der Waals surface area contributed by atoms with Crippen LogP contribution >= 0.6 is 0 Å². The number of ether oxygens (including phenoxy) is 3. The normalized spacial score (nSPS) is 22.1. The summed E-state index contributed by atoms with van der Waals surface area (Å²) in [6, 6.07) is 28.9. The quantitative estimate of drug-likeness (QED) is 0.0558. The number of nitrogens with zero attached hydrogens (tertiary/aromatic N) is 5. The van der Waals surface area contributed by atoms with E-state index in [9.17, 15) is 28.4 Å². The predicted molar refractivity (Wildman–Crippen MR) is 291 cm³/mol. The molecule has 1 unspecified atom stereocenters. The lowest BCUT2D eigenvalue weighted by Crippen LogP contribution is -2.60. The third kappa shape index (κ3) is 10.8. The second-order valence-electron chi connectivity index (χ2n) is 22.1. The van der Waals surface area contributed by atoms with Crippen LogP contribution in [0.15, 0.2) is 108 Å². The Kier molecular flexibility index (Phi) is 14.4. The lowest BCUT2D eigenvalue weighted by molar-refractivity contribution is -0.384. The molecule has 0 bridgehead atoms. The first-order valence-electron chi connectivity index (χ1n) is 26.9. The van der Waals surface area contributed by atoms with Gasteiger partial charge in [-0.05, 0) is 128 Å². The van der Waals surface area contributed by atoms with Gasteiger partial charge in [0, 0.05) is 86.8 Å². The average molecular weight is 1050 g/mol. The van der Waals surface area contributed by atoms with Gasteiger partial charge in [0.25, 0.3) is 21.6 Å². The van der Waals surface area contributed by atoms with Crippen molar-refractivity contribution in [2.24, 2.45) is 11.3 Å². The summed E-state index contributed by atoms with van der Waals surface area (Å²) in [5.41, 5.74) is 5.38. The number of H-pyrrole nitrogens is 1. The number of methoxy groups -OCH3 is 1. The molecule has 76 heavy (non-hydrogen) atoms. The second kappa shape index (κ2) is 21.4. The Balaban J connectivity index is 0.789. The number of anilines is 2. The number of piperidine rings is 1. The Morgan fingerprint density at radius 3 is 2.54 bits per heavy atom. The van der Waals surface area contributed by atoms with Crippen LogP contribution in [0.25, 0.3) is 11.0 Å². The maximum absolute atomic E-state index is 14.2. The van der Waals surface area contributed by atoms with Crippen molar-refractivity contribution in [1.82, 2.24) is 24.5 Å². The zero-order valence-corrected chi connectivity index (χ0v) is 44.3. The molecule has 4 fully saturated rings. The molecular formula is C58H68N8O9S. The maximum atomic E-state index is 14.2. The van der Waals surface area contributed by atoms with E-state index in [-0.39, 0.29) is 53.0 Å². The van der Waals surface area contributed by atoms with Gasteiger partial charge in [0.2, 0.25) is 0 Å². The lowest BCUT2D eigenvalue weighted by Gasteiger charge is -2.58. The Labute approximate surface area is 444 Å². The summed E-state index contributed by atoms with van der Waals surface area (Å²) in [6.07, 6.45) is 11.1. The minimum absolute atomic E-state index is 0.00926. The van der Waals surface area contributed by atoms with Crippen LogP contribution in [0.5, 0.6) is 23.0 Å². The SMILES string of the molecule is COc1cccc(CN2CCN(C3CC4(CCN(c5ccc(C(=O)NS(=O)(=O)c6cc7c(c([N+](=O)[O-])c6)N[C@H](CC6CCC(O)CC6)CO7)c(Oc6cnc7[nH]ccc7c6)c5)CC4)C3)C(c3ccccc3C(C)C)C2)c1. The fourth-order valence-corrected chi connectivity index (χ4v) is 13.7. The van der Waals surface area contributed by atoms with Gasteiger partial charge in [-0.25, -0.2) is 18.1 Å². The van der Waals surface area contributed by atoms with Crippen molar-refractivity contribution in [3.63, 3.8) is 0 Å². The van der Waals surface area contributed by atoms with Crippen molar-refractivity contribution >= 4 is 44.0 Å². The van der Waals surface area contributed by atoms with Crippen molar-refractivity contribution in [3.8, 4) is 23.0 Å². The maximum Gasteiger partial charge on any atom is 0.297 e. The molecule has 4 aromatic carbocycles. The molecule has 18 heteroatoms. The van der Waals surface area contributed by atoms with Gasteiger partial charge in [-0.1, -0.05) is 50.2 Å². The highest BCUT2D eigenvalue weighted by molar-refractivity contribution is 7.90. The van der Waals surface area contributed by atoms with Crippen molar-refractivity contribution in [1.29, 1.82) is 0 Å². The summed E-state index contributed by atoms with van der Waals surface area (Å²) < 4.78 is 48.2. The molecule has 2 atom stereocenters. The first kappa shape index (κ1) is 51.4. The third-order valence-corrected chi connectivity index (χ3v) is 18.2. The number of fused-ring (bicyclic) bond motifs is 2. The molecule has 1 spiro atoms. The number of nitro benzene ring substituents is 1. The number of nitrogens with one attached hydrogen (secondary N) is 3. The number of nitro groups is 1. The largest absolute Gasteiger partial charge is 0.497 e. The first-order chi connectivity index (χ1) is 36.7. The summed E-state index contributed by atoms with van der Waals surface area (Å²) in [7, 11) is -2.96. The van der Waals surface area contributed by atoms with E-state index in [1.54, 1.807) is 37.7 Å². The standard InChI is InChI=1S/C58H68N8O9S/c1-37(2)48-9-4-5-10-49(48)52-35-63(34-39-7-6-8-45(26-39)73-3)23-24-65(52)43-31-58(32-43)18-21-64(22-19-58)42-13-16-50(53(28-42)75-46-27-40-17-20-59-56(40)60-33-46)57(68)62-76(71,72)47-29-51(66(69)70)55-54(30-47)74-36-41(61-55)25-38-11-14-44(67)15-12-38/h4-10,13,16-17,20,26-30,33,37-38,41,43-44,52,61,67H,11-12,14-15,18-19,21-25,31-32,34-36H2,1-3H3,(H,59,60)(H,62,68)/t38?,41-,44?,52?/m1/s1. The number of hydrogen-bond donors (Lipinski definition) is 4. The number of piperazine rings is 1. The number of aliphatic hydroxyl groups excluding tert-OH is 1. The highest BCUT2D eigenvalue weighted by Gasteiger charge is 2.50. The zero-order valence-electron chi connectivity index (χ0n) is 43.5. The minimum Gasteiger partial charge on any atom is -0.497 e. The fourth-order valence-electron chi connectivity index (χ4n) is 12.7. The highest BCUT2D eigenvalue weighted by Crippen LogP contribution is 2.54. The van der Waals surface area contributed by atoms with Crippen LogP contribution in [0.2, 0.25) is 0 Å². The third-order valence-electron chi connectivity index (χ3n) is 16.8. The van der Waals surface area contributed by atoms with Gasteiger partial charge in [-0.15, -0.1) is 0 Å². The van der Waals surface area contributed by atoms with Gasteiger partial charge < -0.3 is 34.5 Å². The van der Waals surface area contributed by atoms with Crippen LogP contribution in [-0.2, 0) is 16.6 Å². The number of rotatable bonds is 15. The van der Waals surface area contributed by atoms with Crippen LogP contribution in [0.4, 0.5) is 17.1 Å². The molecule has 3 aliphatic heterocycles. The fraction of sp³-hybridized carbons (Fsp3) is 0.448. The first-order valence-corrected chi connectivity index (χ1v) is 28.3. The summed E-state index contributed by atoms with van der Waals surface area (Å²) in [4.78, 5) is 40.8. The molecule has 400 valence electrons. The molecule has 0 radical (unpaired) electrons. The molecule has 11 rings (SSSR count). The van der Waals surface area contributed by atoms with E-state index >= 15 is 0 Å². The van der Waals surface area contributed by atoms with E-state index in [0.29, 0.717) is 48.5 Å². The van der Waals surface area contributed by atoms with Crippen molar-refractivity contribution in [3.05, 3.63) is 136 Å². The van der Waals surface area contributed by atoms with Crippen LogP contribution in [-0.4, -0.2) is 109 Å². The molecule has 5 heterocycles. The monoisotopic (exact) mass is 1050 g/mol. The Hall–Kier alpha value is -6.73. The molecule has 6 aromatic rings. The van der Waals surface area contributed by atoms with Gasteiger partial charge in [-0.3, -0.25) is 24.7 Å². The number of pyridine rings is 1. The Bertz CT molecular complexity index is 3220. The summed E-state index contributed by atoms with van der Waals surface area (Å²) in [5.74, 6) is 1.14. The number of sulfonamides is 1. The van der Waals surface area contributed by atoms with Crippen LogP contribution in [0, 0.1) is 21.4 Å². The van der Waals surface area contributed by atoms with Gasteiger partial charge >= 0.3 is 0 Å². The van der Waals surface area contributed by atoms with Crippen LogP contribution < -0.4 is 29.1 Å². The summed E-state index contributed by atoms with van der Waals surface area (Å²) >= 11 is 0. The smallest absolute Gasteiger partial charge is 0.297 e. The van der Waals surface area contributed by atoms with E-state index < -0.39 is 31.4 Å². The molecule has 2 saturated heterocycles. The number of aromatic nitrogens is 2. The minimum atomic E-state index is -4.67. The van der Waals surface area contributed by atoms with E-state index in [0.717, 1.165) is 101 Å². The molecule has 5 aliphatic rings. The number of aromatic amines is 1. The summed E-state index contributed by atoms with van der Waals surface area (Å²) in [5, 5.41) is 26.4. The highest BCUT2D eigenvalue weighted by atomic mass is 32.2. The average Bonchev–Trinajstić information content (AvgIpc) is 3.92. The molecule has 1 amide bonds. The Morgan fingerprint density at radius 1 is 0.961 bits per heavy atom. The molecule has 4 N–H and O–H groups in total. The van der Waals surface area contributed by atoms with Gasteiger partial charge in [-0.2, -0.15) is 0 Å². The van der Waals surface area contributed by atoms with Crippen LogP contribution in [0.3, 0.4) is 0 Å². The van der Waals surface area contributed by atoms with Crippen molar-refractivity contribution in [2.75, 3.05) is 56.7 Å². The van der Waals surface area contributed by atoms with E-state index in [4.69, 9.17) is 14.2 Å². The Morgan fingerprint density at radius 2 is 1.76 bits per heavy atom. The van der Waals surface area contributed by atoms with Crippen molar-refractivity contribution < 1.29 is 37.5 Å². The van der Waals surface area contributed by atoms with E-state index in [1.807, 2.05) is 18.2 Å². The van der Waals surface area contributed by atoms with E-state index in [2.05, 4.69) is 91.0 Å². The number of aliphatic hydroxyl groups is 1. The van der Waals surface area contributed by atoms with Gasteiger partial charge in [0.05, 0.1) is 40.8 Å². The van der Waals surface area contributed by atoms with Crippen LogP contribution in [0.1, 0.15) is 111 Å². The van der Waals surface area contributed by atoms with Gasteiger partial charge in [0.15, 0.2) is 11.4 Å². The molecule has 2 aromatic heterocycles. The number of hydrogen-bond acceptors (Lipinski definition) is 14. The van der Waals surface area contributed by atoms with Crippen molar-refractivity contribution in [2.45, 2.75) is 113 Å². The second-order valence-corrected chi connectivity index (χ2v) is 23.8. The lowest BCUT2D eigenvalue weighted by atomic mass is 9.59. The molecule has 17 nitrogen and oxygen atoms in total. The van der Waals surface area contributed by atoms with E-state index in [1.165, 1.54) is 22.8 Å². The number of amides is 1. The molecular weight excluding hydrogens is 985 g/mol. The topological polar surface area (TPSA) is 205 Å². The number of carbonyl (C=O) groups excluding carboxylic acids is 1. The zero-order chi connectivity index (χ0) is 52.7. The number of carbonyl (C=O) groups is 1. The summed E-state index contributed by atoms with van der Waals surface area (Å²) in [6.45, 7) is 10.2. The molecule has 2 saturated carbocycles. The number of benzene rings is 4. The van der Waals surface area contributed by atoms with Gasteiger partial charge in [0.1, 0.15) is 29.5 Å². The predicted octanol–water partition coefficient (Wildman–Crippen LogP) is 9.94.